The highest BCUT2D eigenvalue weighted by Gasteiger charge is 2.45. The highest BCUT2D eigenvalue weighted by atomic mass is 31.0. The van der Waals surface area contributed by atoms with Crippen molar-refractivity contribution in [3.05, 3.63) is 11.9 Å². The predicted molar refractivity (Wildman–Crippen MR) is 85.1 cm³/mol. The Kier molecular flexibility index (Phi) is 4.10. The van der Waals surface area contributed by atoms with Crippen molar-refractivity contribution in [2.75, 3.05) is 13.2 Å². The van der Waals surface area contributed by atoms with Crippen LogP contribution < -0.4 is 0 Å². The number of amidine groups is 1. The number of rotatable bonds is 4. The Hall–Kier alpha value is -0.200. The summed E-state index contributed by atoms with van der Waals surface area (Å²) in [6.45, 7) is 0. The Morgan fingerprint density at radius 1 is 1.16 bits per heavy atom. The van der Waals surface area contributed by atoms with Crippen LogP contribution in [0.5, 0.6) is 0 Å². The lowest BCUT2D eigenvalue weighted by molar-refractivity contribution is -0.795. The van der Waals surface area contributed by atoms with Crippen LogP contribution in [0.3, 0.4) is 0 Å². The van der Waals surface area contributed by atoms with E-state index in [9.17, 15) is 0 Å². The average Bonchev–Trinajstić information content (AvgIpc) is 3.09. The fraction of sp³-hybridized carbons (Fsp3) is 0.812. The van der Waals surface area contributed by atoms with E-state index in [0.717, 1.165) is 29.0 Å². The van der Waals surface area contributed by atoms with E-state index in [0.29, 0.717) is 0 Å². The predicted octanol–water partition coefficient (Wildman–Crippen LogP) is 4.08. The van der Waals surface area contributed by atoms with E-state index < -0.39 is 0 Å². The van der Waals surface area contributed by atoms with Crippen molar-refractivity contribution >= 4 is 15.1 Å². The van der Waals surface area contributed by atoms with E-state index in [-0.39, 0.29) is 0 Å². The van der Waals surface area contributed by atoms with Gasteiger partial charge < -0.3 is 0 Å². The Balaban J connectivity index is 1.87. The van der Waals surface area contributed by atoms with Gasteiger partial charge in [0.15, 0.2) is 0 Å². The molecule has 2 nitrogen and oxygen atoms in total. The van der Waals surface area contributed by atoms with Crippen molar-refractivity contribution in [3.63, 3.8) is 0 Å². The van der Waals surface area contributed by atoms with Gasteiger partial charge in [0.25, 0.3) is 0 Å². The molecule has 3 rings (SSSR count). The summed E-state index contributed by atoms with van der Waals surface area (Å²) in [4.78, 5) is 5.09. The molecule has 2 fully saturated rings. The molecule has 3 heteroatoms. The van der Waals surface area contributed by atoms with Crippen molar-refractivity contribution < 1.29 is 4.48 Å². The van der Waals surface area contributed by atoms with Gasteiger partial charge in [0.1, 0.15) is 11.9 Å². The normalized spacial score (nSPS) is 32.9. The first kappa shape index (κ1) is 13.8. The highest BCUT2D eigenvalue weighted by molar-refractivity contribution is 7.16. The second kappa shape index (κ2) is 5.66. The van der Waals surface area contributed by atoms with Crippen molar-refractivity contribution in [1.29, 1.82) is 0 Å². The van der Waals surface area contributed by atoms with E-state index in [2.05, 4.69) is 22.5 Å². The topological polar surface area (TPSA) is 12.4 Å². The van der Waals surface area contributed by atoms with Crippen LogP contribution in [0.25, 0.3) is 0 Å². The van der Waals surface area contributed by atoms with Crippen LogP contribution in [0, 0.1) is 5.92 Å². The SMILES string of the molecule is C[N+]1(C2CCCC2)C=C(CCP)N=C1C1CCCC1. The van der Waals surface area contributed by atoms with Crippen LogP contribution in [-0.2, 0) is 0 Å². The van der Waals surface area contributed by atoms with Gasteiger partial charge in [-0.25, -0.2) is 0 Å². The standard InChI is InChI=1S/C16H28N2P/c1-18(15-8-4-5-9-15)12-14(10-11-19)17-16(18)13-6-2-3-7-13/h12-13,15H,2-11,19H2,1H3/q+1. The third kappa shape index (κ3) is 2.54. The number of hydrogen-bond acceptors (Lipinski definition) is 1. The molecule has 0 aromatic heterocycles. The molecule has 0 spiro atoms. The van der Waals surface area contributed by atoms with Gasteiger partial charge in [0, 0.05) is 12.8 Å². The van der Waals surface area contributed by atoms with Crippen molar-refractivity contribution in [1.82, 2.24) is 0 Å². The molecule has 0 amide bonds. The van der Waals surface area contributed by atoms with Gasteiger partial charge in [0.05, 0.1) is 19.0 Å². The smallest absolute Gasteiger partial charge is 0.211 e. The summed E-state index contributed by atoms with van der Waals surface area (Å²) in [7, 11) is 5.28. The van der Waals surface area contributed by atoms with Crippen LogP contribution >= 0.6 is 9.24 Å². The Bertz CT molecular complexity index is 390. The molecule has 2 saturated carbocycles. The largest absolute Gasteiger partial charge is 0.250 e. The lowest BCUT2D eigenvalue weighted by Gasteiger charge is -2.36. The highest BCUT2D eigenvalue weighted by Crippen LogP contribution is 2.39. The van der Waals surface area contributed by atoms with Crippen molar-refractivity contribution in [2.24, 2.45) is 10.9 Å². The second-order valence-electron chi connectivity index (χ2n) is 6.70. The maximum absolute atomic E-state index is 5.09. The third-order valence-electron chi connectivity index (χ3n) is 5.37. The molecule has 1 heterocycles. The lowest BCUT2D eigenvalue weighted by Crippen LogP contribution is -2.51. The fourth-order valence-electron chi connectivity index (χ4n) is 4.33. The number of nitrogens with zero attached hydrogens (tertiary/aromatic N) is 2. The van der Waals surface area contributed by atoms with Gasteiger partial charge in [-0.15, -0.1) is 9.24 Å². The zero-order valence-electron chi connectivity index (χ0n) is 12.3. The molecule has 2 unspecified atom stereocenters. The summed E-state index contributed by atoms with van der Waals surface area (Å²) in [5, 5.41) is 0. The number of aliphatic imine (C=N–C) groups is 1. The third-order valence-corrected chi connectivity index (χ3v) is 5.66. The summed E-state index contributed by atoms with van der Waals surface area (Å²) in [5.74, 6) is 2.28. The molecular weight excluding hydrogens is 251 g/mol. The maximum Gasteiger partial charge on any atom is 0.211 e. The first-order valence-corrected chi connectivity index (χ1v) is 8.92. The number of quaternary nitrogens is 1. The van der Waals surface area contributed by atoms with E-state index in [1.165, 1.54) is 62.9 Å². The monoisotopic (exact) mass is 279 g/mol. The zero-order chi connectivity index (χ0) is 13.3. The van der Waals surface area contributed by atoms with E-state index in [1.807, 2.05) is 0 Å². The molecule has 0 bridgehead atoms. The Morgan fingerprint density at radius 3 is 2.42 bits per heavy atom. The van der Waals surface area contributed by atoms with E-state index in [1.54, 1.807) is 0 Å². The van der Waals surface area contributed by atoms with Crippen molar-refractivity contribution in [2.45, 2.75) is 63.8 Å². The molecule has 0 N–H and O–H groups in total. The zero-order valence-corrected chi connectivity index (χ0v) is 13.4. The van der Waals surface area contributed by atoms with Gasteiger partial charge in [-0.1, -0.05) is 12.8 Å². The first-order chi connectivity index (χ1) is 9.24. The van der Waals surface area contributed by atoms with Gasteiger partial charge in [-0.3, -0.25) is 4.48 Å². The molecule has 2 aliphatic carbocycles. The van der Waals surface area contributed by atoms with E-state index >= 15 is 0 Å². The van der Waals surface area contributed by atoms with Crippen LogP contribution in [0.4, 0.5) is 0 Å². The molecular formula is C16H28N2P+. The molecule has 2 atom stereocenters. The van der Waals surface area contributed by atoms with Gasteiger partial charge in [0.2, 0.25) is 5.84 Å². The lowest BCUT2D eigenvalue weighted by atomic mass is 10.0. The van der Waals surface area contributed by atoms with Crippen LogP contribution in [0.15, 0.2) is 16.9 Å². The van der Waals surface area contributed by atoms with E-state index in [4.69, 9.17) is 4.99 Å². The molecule has 0 aromatic carbocycles. The van der Waals surface area contributed by atoms with Gasteiger partial charge >= 0.3 is 0 Å². The quantitative estimate of drug-likeness (QED) is 0.543. The molecule has 106 valence electrons. The van der Waals surface area contributed by atoms with Crippen molar-refractivity contribution in [3.8, 4) is 0 Å². The van der Waals surface area contributed by atoms with Gasteiger partial charge in [-0.05, 0) is 38.3 Å². The summed E-state index contributed by atoms with van der Waals surface area (Å²) in [5.41, 5.74) is 1.35. The average molecular weight is 279 g/mol. The molecule has 19 heavy (non-hydrogen) atoms. The van der Waals surface area contributed by atoms with Crippen LogP contribution in [0.2, 0.25) is 0 Å². The molecule has 0 aromatic rings. The fourth-order valence-corrected chi connectivity index (χ4v) is 4.63. The molecule has 0 saturated heterocycles. The summed E-state index contributed by atoms with van der Waals surface area (Å²) >= 11 is 0. The molecule has 0 radical (unpaired) electrons. The Labute approximate surface area is 120 Å². The number of allylic oxidation sites excluding steroid dienone is 1. The minimum atomic E-state index is 0.767. The molecule has 1 aliphatic heterocycles. The summed E-state index contributed by atoms with van der Waals surface area (Å²) in [6.07, 6.45) is 16.0. The minimum absolute atomic E-state index is 0.767. The Morgan fingerprint density at radius 2 is 1.79 bits per heavy atom. The maximum atomic E-state index is 5.09. The second-order valence-corrected chi connectivity index (χ2v) is 7.27. The first-order valence-electron chi connectivity index (χ1n) is 8.11. The van der Waals surface area contributed by atoms with Crippen LogP contribution in [0.1, 0.15) is 57.8 Å². The van der Waals surface area contributed by atoms with Gasteiger partial charge in [-0.2, -0.15) is 4.99 Å². The minimum Gasteiger partial charge on any atom is -0.250 e. The number of hydrogen-bond donors (Lipinski definition) is 0. The van der Waals surface area contributed by atoms with Crippen LogP contribution in [-0.4, -0.2) is 29.6 Å². The summed E-state index contributed by atoms with van der Waals surface area (Å²) < 4.78 is 1.06. The summed E-state index contributed by atoms with van der Waals surface area (Å²) in [6, 6.07) is 0.807. The molecule has 3 aliphatic rings.